The number of hydrogen-bond donors (Lipinski definition) is 3. The van der Waals surface area contributed by atoms with Gasteiger partial charge in [0.05, 0.1) is 164 Å². The first-order chi connectivity index (χ1) is 25.7. The van der Waals surface area contributed by atoms with Crippen molar-refractivity contribution in [3.63, 3.8) is 0 Å². The summed E-state index contributed by atoms with van der Waals surface area (Å²) in [6.45, 7) is 10.2. The third-order valence-corrected chi connectivity index (χ3v) is 8.80. The minimum absolute atomic E-state index is 0.0700. The van der Waals surface area contributed by atoms with E-state index < -0.39 is 29.1 Å². The van der Waals surface area contributed by atoms with E-state index in [-0.39, 0.29) is 72.7 Å². The highest BCUT2D eigenvalue weighted by molar-refractivity contribution is 7.47. The van der Waals surface area contributed by atoms with Crippen LogP contribution in [0.5, 0.6) is 0 Å². The fourth-order valence-electron chi connectivity index (χ4n) is 3.27. The van der Waals surface area contributed by atoms with Gasteiger partial charge in [-0.05, 0) is 20.8 Å². The second kappa shape index (κ2) is 34.9. The zero-order valence-electron chi connectivity index (χ0n) is 31.9. The third kappa shape index (κ3) is 41.6. The van der Waals surface area contributed by atoms with Crippen LogP contribution in [0.1, 0.15) is 20.8 Å². The quantitative estimate of drug-likeness (QED) is 0.0586. The van der Waals surface area contributed by atoms with Gasteiger partial charge >= 0.3 is 23.5 Å². The van der Waals surface area contributed by atoms with E-state index in [1.807, 2.05) is 0 Å². The average molecular weight is 857 g/mol. The van der Waals surface area contributed by atoms with Crippen LogP contribution >= 0.6 is 23.5 Å². The highest BCUT2D eigenvalue weighted by Gasteiger charge is 2.28. The van der Waals surface area contributed by atoms with Gasteiger partial charge in [0.1, 0.15) is 0 Å². The average Bonchev–Trinajstić information content (AvgIpc) is 3.09. The molecule has 0 aromatic heterocycles. The first kappa shape index (κ1) is 53.9. The predicted octanol–water partition coefficient (Wildman–Crippen LogP) is 1.98. The molecule has 0 bridgehead atoms. The second-order valence-corrected chi connectivity index (χ2v) is 15.6. The molecule has 0 aliphatic carbocycles. The van der Waals surface area contributed by atoms with Crippen LogP contribution in [-0.4, -0.2) is 186 Å². The van der Waals surface area contributed by atoms with Gasteiger partial charge in [-0.15, -0.1) is 0 Å². The summed E-state index contributed by atoms with van der Waals surface area (Å²) < 4.78 is 116. The molecular formula is C29H63O22P3. The molecule has 0 radical (unpaired) electrons. The first-order valence-corrected chi connectivity index (χ1v) is 21.8. The molecule has 0 fully saturated rings. The summed E-state index contributed by atoms with van der Waals surface area (Å²) >= 11 is 0. The molecule has 3 N–H and O–H groups in total. The van der Waals surface area contributed by atoms with Gasteiger partial charge in [0.2, 0.25) is 0 Å². The predicted molar refractivity (Wildman–Crippen MR) is 189 cm³/mol. The largest absolute Gasteiger partial charge is 0.472 e. The Morgan fingerprint density at radius 3 is 0.722 bits per heavy atom. The van der Waals surface area contributed by atoms with Crippen LogP contribution in [0.25, 0.3) is 0 Å². The Labute approximate surface area is 318 Å². The van der Waals surface area contributed by atoms with Gasteiger partial charge in [-0.25, -0.2) is 13.7 Å². The van der Waals surface area contributed by atoms with Gasteiger partial charge in [-0.1, -0.05) is 0 Å². The van der Waals surface area contributed by atoms with Crippen molar-refractivity contribution in [3.8, 4) is 0 Å². The number of phosphoric acid groups is 3. The van der Waals surface area contributed by atoms with Crippen molar-refractivity contribution in [2.24, 2.45) is 0 Å². The summed E-state index contributed by atoms with van der Waals surface area (Å²) in [6, 6.07) is 0. The van der Waals surface area contributed by atoms with Crippen molar-refractivity contribution >= 4 is 23.5 Å². The van der Waals surface area contributed by atoms with Gasteiger partial charge in [0, 0.05) is 7.11 Å². The minimum atomic E-state index is -4.24. The molecule has 0 saturated carbocycles. The van der Waals surface area contributed by atoms with Crippen LogP contribution in [0.3, 0.4) is 0 Å². The van der Waals surface area contributed by atoms with Crippen molar-refractivity contribution in [3.05, 3.63) is 0 Å². The van der Waals surface area contributed by atoms with Crippen molar-refractivity contribution in [1.82, 2.24) is 0 Å². The lowest BCUT2D eigenvalue weighted by Crippen LogP contribution is -2.19. The van der Waals surface area contributed by atoms with E-state index in [4.69, 9.17) is 70.4 Å². The summed E-state index contributed by atoms with van der Waals surface area (Å²) in [5, 5.41) is 0. The van der Waals surface area contributed by atoms with E-state index in [2.05, 4.69) is 9.05 Å². The maximum absolute atomic E-state index is 11.9. The Bertz CT molecular complexity index is 989. The van der Waals surface area contributed by atoms with Crippen molar-refractivity contribution < 1.29 is 103 Å². The summed E-state index contributed by atoms with van der Waals surface area (Å²) in [4.78, 5) is 28.3. The highest BCUT2D eigenvalue weighted by Crippen LogP contribution is 2.47. The van der Waals surface area contributed by atoms with E-state index in [0.29, 0.717) is 85.9 Å². The van der Waals surface area contributed by atoms with Crippen LogP contribution in [0, 0.1) is 0 Å². The van der Waals surface area contributed by atoms with Gasteiger partial charge < -0.3 is 62.0 Å². The zero-order chi connectivity index (χ0) is 40.3. The van der Waals surface area contributed by atoms with E-state index in [1.165, 1.54) is 0 Å². The van der Waals surface area contributed by atoms with Gasteiger partial charge in [0.15, 0.2) is 0 Å². The summed E-state index contributed by atoms with van der Waals surface area (Å²) in [6.07, 6.45) is 0. The molecule has 0 aliphatic rings. The normalized spacial score (nSPS) is 15.6. The van der Waals surface area contributed by atoms with Gasteiger partial charge in [-0.2, -0.15) is 0 Å². The Kier molecular flexibility index (Phi) is 34.9. The zero-order valence-corrected chi connectivity index (χ0v) is 34.6. The lowest BCUT2D eigenvalue weighted by molar-refractivity contribution is -0.0175. The Hall–Kier alpha value is -0.0700. The maximum Gasteiger partial charge on any atom is 0.472 e. The van der Waals surface area contributed by atoms with Crippen LogP contribution < -0.4 is 0 Å². The lowest BCUT2D eigenvalue weighted by atomic mass is 10.2. The molecule has 0 saturated heterocycles. The molecule has 0 rings (SSSR count). The molecule has 0 aromatic carbocycles. The number of phosphoric ester groups is 3. The smallest absolute Gasteiger partial charge is 0.377 e. The fraction of sp³-hybridized carbons (Fsp3) is 1.00. The number of hydrogen-bond acceptors (Lipinski definition) is 19. The molecule has 25 heteroatoms. The molecule has 326 valence electrons. The molecule has 54 heavy (non-hydrogen) atoms. The van der Waals surface area contributed by atoms with Gasteiger partial charge in [-0.3, -0.25) is 27.1 Å². The van der Waals surface area contributed by atoms with Crippen LogP contribution in [-0.2, 0) is 88.2 Å². The standard InChI is InChI=1S/C29H63O22P3/c1-29(2,3)51-54(34,35)50-28-24-46-20-16-42-12-8-38-7-11-41-15-19-45-23-27-49-53(32,33)48-26-22-44-18-14-40-10-6-37-5-9-39-13-17-43-21-25-47-52(30,31)36-4/h5-28H2,1-4H3,(H,30,31)(H,32,33)(H,34,35). The van der Waals surface area contributed by atoms with E-state index in [0.717, 1.165) is 7.11 Å². The monoisotopic (exact) mass is 856 g/mol. The molecule has 3 unspecified atom stereocenters. The topological polar surface area (TPSA) is 260 Å². The van der Waals surface area contributed by atoms with Crippen molar-refractivity contribution in [2.45, 2.75) is 26.4 Å². The Morgan fingerprint density at radius 2 is 0.519 bits per heavy atom. The molecule has 0 aliphatic heterocycles. The maximum atomic E-state index is 11.9. The summed E-state index contributed by atoms with van der Waals surface area (Å²) in [5.41, 5.74) is -0.800. The van der Waals surface area contributed by atoms with E-state index in [9.17, 15) is 23.5 Å². The Morgan fingerprint density at radius 1 is 0.333 bits per heavy atom. The van der Waals surface area contributed by atoms with Crippen LogP contribution in [0.4, 0.5) is 0 Å². The molecule has 22 nitrogen and oxygen atoms in total. The molecule has 3 atom stereocenters. The lowest BCUT2D eigenvalue weighted by Gasteiger charge is -2.22. The third-order valence-electron chi connectivity index (χ3n) is 5.52. The van der Waals surface area contributed by atoms with Crippen molar-refractivity contribution in [1.29, 1.82) is 0 Å². The molecule has 0 heterocycles. The SMILES string of the molecule is COP(=O)(O)OCCOCCOCCOCCOCCOCCOP(=O)(O)OCCOCCOCCOCCOCCOCCOP(=O)(O)OC(C)(C)C. The Balaban J connectivity index is 3.34. The second-order valence-electron chi connectivity index (χ2n) is 11.2. The van der Waals surface area contributed by atoms with Gasteiger partial charge in [0.25, 0.3) is 0 Å². The fourth-order valence-corrected chi connectivity index (χ4v) is 5.42. The summed E-state index contributed by atoms with van der Waals surface area (Å²) in [7, 11) is -11.3. The molecular weight excluding hydrogens is 793 g/mol. The van der Waals surface area contributed by atoms with E-state index in [1.54, 1.807) is 20.8 Å². The highest BCUT2D eigenvalue weighted by atomic mass is 31.2. The number of rotatable bonds is 42. The molecule has 0 amide bonds. The minimum Gasteiger partial charge on any atom is -0.377 e. The van der Waals surface area contributed by atoms with Crippen LogP contribution in [0.15, 0.2) is 0 Å². The van der Waals surface area contributed by atoms with E-state index >= 15 is 0 Å². The molecule has 0 spiro atoms. The molecule has 0 aromatic rings. The first-order valence-electron chi connectivity index (χ1n) is 17.3. The summed E-state index contributed by atoms with van der Waals surface area (Å²) in [5.74, 6) is 0. The van der Waals surface area contributed by atoms with Crippen molar-refractivity contribution in [2.75, 3.05) is 166 Å². The number of ether oxygens (including phenoxy) is 10. The van der Waals surface area contributed by atoms with Crippen LogP contribution in [0.2, 0.25) is 0 Å².